The molecule has 0 unspecified atom stereocenters. The predicted octanol–water partition coefficient (Wildman–Crippen LogP) is 27.7. The summed E-state index contributed by atoms with van der Waals surface area (Å²) in [5, 5.41) is 4.54. The molecule has 0 saturated carbocycles. The predicted molar refractivity (Wildman–Crippen MR) is 431 cm³/mol. The van der Waals surface area contributed by atoms with E-state index in [0.717, 1.165) is 94.6 Å². The monoisotopic (exact) mass is 1320 g/mol. The van der Waals surface area contributed by atoms with Gasteiger partial charge in [-0.25, -0.2) is 0 Å². The van der Waals surface area contributed by atoms with Crippen molar-refractivity contribution in [3.8, 4) is 77.9 Å². The van der Waals surface area contributed by atoms with Crippen LogP contribution in [0.4, 0.5) is 34.1 Å². The van der Waals surface area contributed by atoms with Crippen LogP contribution in [0, 0.1) is 0 Å². The molecule has 0 radical (unpaired) electrons. The molecule has 4 heteroatoms. The number of furan rings is 2. The second kappa shape index (κ2) is 23.8. The van der Waals surface area contributed by atoms with Gasteiger partial charge in [0, 0.05) is 82.9 Å². The zero-order chi connectivity index (χ0) is 69.3. The van der Waals surface area contributed by atoms with E-state index in [0.29, 0.717) is 0 Å². The molecule has 0 N–H and O–H groups in total. The molecule has 0 spiro atoms. The average molecular weight is 1320 g/mol. The number of hydrogen-bond acceptors (Lipinski definition) is 4. The molecule has 4 nitrogen and oxygen atoms in total. The Morgan fingerprint density at radius 2 is 0.553 bits per heavy atom. The molecule has 492 valence electrons. The highest BCUT2D eigenvalue weighted by atomic mass is 16.3. The van der Waals surface area contributed by atoms with E-state index in [1.54, 1.807) is 0 Å². The third-order valence-corrected chi connectivity index (χ3v) is 22.6. The van der Waals surface area contributed by atoms with Crippen LogP contribution in [-0.2, 0) is 16.2 Å². The number of rotatable bonds is 10. The second-order valence-electron chi connectivity index (χ2n) is 29.5. The molecule has 0 bridgehead atoms. The summed E-state index contributed by atoms with van der Waals surface area (Å²) >= 11 is 0. The molecule has 20 rings (SSSR count). The zero-order valence-electron chi connectivity index (χ0n) is 58.5. The van der Waals surface area contributed by atoms with Crippen molar-refractivity contribution in [1.82, 2.24) is 0 Å². The molecular formula is C99H74N2O2. The fourth-order valence-corrected chi connectivity index (χ4v) is 17.4. The normalized spacial score (nSPS) is 13.8. The van der Waals surface area contributed by atoms with Crippen molar-refractivity contribution in [3.05, 3.63) is 373 Å². The fourth-order valence-electron chi connectivity index (χ4n) is 17.4. The van der Waals surface area contributed by atoms with Crippen LogP contribution in [0.25, 0.3) is 122 Å². The lowest BCUT2D eigenvalue weighted by molar-refractivity contribution is 0.660. The highest BCUT2D eigenvalue weighted by molar-refractivity contribution is 6.11. The Kier molecular flexibility index (Phi) is 14.2. The molecule has 15 aromatic carbocycles. The minimum Gasteiger partial charge on any atom is -0.455 e. The van der Waals surface area contributed by atoms with Gasteiger partial charge in [0.25, 0.3) is 0 Å². The minimum atomic E-state index is -0.113. The number of hydrogen-bond donors (Lipinski definition) is 0. The maximum atomic E-state index is 6.42. The molecule has 0 fully saturated rings. The Morgan fingerprint density at radius 3 is 1.09 bits per heavy atom. The number of fused-ring (bicyclic) bond motifs is 15. The standard InChI is InChI=1S/C51H35NO2.C48H39N/c1-51(2)45-18-6-3-11-39(45)40-30-29-36(31-46(40)51)52(34-25-21-32(22-26-34)37-14-9-16-43-41-12-4-7-19-47(41)53-49(37)43)35-27-23-33(24-28-35)38-15-10-17-44-42-13-5-8-20-48(42)54-50(38)44;1-47(2)42-22-12-9-19-40(42)46-39(20-14-23-43(46)47)38-18-10-13-24-45(38)49(34-27-25-33(26-28-34)32-15-6-5-7-16-32)35-29-30-37-36-17-8-11-21-41(36)48(3,4)44(37)31-35/h3-31H,1-2H3;5-31H,1-4H3. The van der Waals surface area contributed by atoms with E-state index in [4.69, 9.17) is 8.83 Å². The van der Waals surface area contributed by atoms with Crippen LogP contribution in [0.3, 0.4) is 0 Å². The molecule has 17 aromatic rings. The summed E-state index contributed by atoms with van der Waals surface area (Å²) in [6.45, 7) is 14.1. The van der Waals surface area contributed by atoms with E-state index in [1.165, 1.54) is 94.7 Å². The summed E-state index contributed by atoms with van der Waals surface area (Å²) in [5.74, 6) is 0. The van der Waals surface area contributed by atoms with E-state index in [9.17, 15) is 0 Å². The number of anilines is 6. The SMILES string of the molecule is CC1(C)c2ccccc2-c2ccc(N(c3ccc(-c4cccc5c4oc4ccccc45)cc3)c3ccc(-c4cccc5c4oc4ccccc45)cc3)cc21.CC1(C)c2ccccc2-c2ccc(N(c3ccc(-c4ccccc4)cc3)c3ccccc3-c3cccc4c3-c3ccccc3C4(C)C)cc21. The van der Waals surface area contributed by atoms with E-state index in [-0.39, 0.29) is 16.2 Å². The first kappa shape index (κ1) is 61.6. The van der Waals surface area contributed by atoms with Crippen LogP contribution in [0.5, 0.6) is 0 Å². The first-order valence-corrected chi connectivity index (χ1v) is 36.0. The molecule has 3 aliphatic rings. The van der Waals surface area contributed by atoms with Crippen molar-refractivity contribution in [1.29, 1.82) is 0 Å². The van der Waals surface area contributed by atoms with Crippen LogP contribution >= 0.6 is 0 Å². The molecule has 0 amide bonds. The smallest absolute Gasteiger partial charge is 0.143 e. The summed E-state index contributed by atoms with van der Waals surface area (Å²) in [7, 11) is 0. The Hall–Kier alpha value is -12.5. The lowest BCUT2D eigenvalue weighted by atomic mass is 9.82. The van der Waals surface area contributed by atoms with Crippen LogP contribution in [-0.4, -0.2) is 0 Å². The van der Waals surface area contributed by atoms with Crippen molar-refractivity contribution in [2.75, 3.05) is 9.80 Å². The van der Waals surface area contributed by atoms with Crippen molar-refractivity contribution >= 4 is 78.0 Å². The van der Waals surface area contributed by atoms with Crippen LogP contribution in [0.1, 0.15) is 74.9 Å². The van der Waals surface area contributed by atoms with E-state index < -0.39 is 0 Å². The molecule has 2 heterocycles. The summed E-state index contributed by atoms with van der Waals surface area (Å²) in [6, 6.07) is 123. The van der Waals surface area contributed by atoms with Crippen molar-refractivity contribution < 1.29 is 8.83 Å². The quantitative estimate of drug-likeness (QED) is 0.137. The number of benzene rings is 15. The first-order chi connectivity index (χ1) is 50.4. The number of para-hydroxylation sites is 5. The van der Waals surface area contributed by atoms with E-state index in [1.807, 2.05) is 24.3 Å². The van der Waals surface area contributed by atoms with Gasteiger partial charge in [-0.2, -0.15) is 0 Å². The third-order valence-electron chi connectivity index (χ3n) is 22.6. The van der Waals surface area contributed by atoms with E-state index >= 15 is 0 Å². The highest BCUT2D eigenvalue weighted by Gasteiger charge is 2.40. The summed E-state index contributed by atoms with van der Waals surface area (Å²) in [4.78, 5) is 4.84. The second-order valence-corrected chi connectivity index (χ2v) is 29.5. The lowest BCUT2D eigenvalue weighted by Gasteiger charge is -2.30. The Morgan fingerprint density at radius 1 is 0.214 bits per heavy atom. The number of nitrogens with zero attached hydrogens (tertiary/aromatic N) is 2. The average Bonchev–Trinajstić information content (AvgIpc) is 1.59. The van der Waals surface area contributed by atoms with Crippen molar-refractivity contribution in [2.24, 2.45) is 0 Å². The first-order valence-electron chi connectivity index (χ1n) is 36.0. The van der Waals surface area contributed by atoms with E-state index in [2.05, 4.69) is 367 Å². The molecule has 2 aromatic heterocycles. The molecule has 0 atom stereocenters. The Bertz CT molecular complexity index is 6050. The molecular weight excluding hydrogens is 1250 g/mol. The van der Waals surface area contributed by atoms with Crippen molar-refractivity contribution in [2.45, 2.75) is 57.8 Å². The van der Waals surface area contributed by atoms with Gasteiger partial charge < -0.3 is 18.6 Å². The van der Waals surface area contributed by atoms with Gasteiger partial charge >= 0.3 is 0 Å². The highest BCUT2D eigenvalue weighted by Crippen LogP contribution is 2.57. The van der Waals surface area contributed by atoms with Crippen LogP contribution in [0.2, 0.25) is 0 Å². The summed E-state index contributed by atoms with van der Waals surface area (Å²) < 4.78 is 12.8. The molecule has 0 aliphatic heterocycles. The zero-order valence-corrected chi connectivity index (χ0v) is 58.5. The largest absolute Gasteiger partial charge is 0.455 e. The van der Waals surface area contributed by atoms with Gasteiger partial charge in [0.15, 0.2) is 0 Å². The Labute approximate surface area is 601 Å². The fraction of sp³-hybridized carbons (Fsp3) is 0.0909. The van der Waals surface area contributed by atoms with Gasteiger partial charge in [0.2, 0.25) is 0 Å². The van der Waals surface area contributed by atoms with Crippen molar-refractivity contribution in [3.63, 3.8) is 0 Å². The minimum absolute atomic E-state index is 0.0651. The van der Waals surface area contributed by atoms with Gasteiger partial charge in [-0.15, -0.1) is 0 Å². The summed E-state index contributed by atoms with van der Waals surface area (Å²) in [6.07, 6.45) is 0. The molecule has 103 heavy (non-hydrogen) atoms. The van der Waals surface area contributed by atoms with Crippen LogP contribution < -0.4 is 9.80 Å². The summed E-state index contributed by atoms with van der Waals surface area (Å²) in [5.41, 5.74) is 35.7. The maximum Gasteiger partial charge on any atom is 0.143 e. The topological polar surface area (TPSA) is 32.8 Å². The van der Waals surface area contributed by atoms with Gasteiger partial charge in [-0.3, -0.25) is 0 Å². The van der Waals surface area contributed by atoms with Crippen LogP contribution in [0.15, 0.2) is 349 Å². The Balaban J connectivity index is 0.000000143. The third kappa shape index (κ3) is 9.87. The van der Waals surface area contributed by atoms with Gasteiger partial charge in [-0.1, -0.05) is 302 Å². The maximum absolute atomic E-state index is 6.42. The molecule has 0 saturated heterocycles. The van der Waals surface area contributed by atoms with Gasteiger partial charge in [0.1, 0.15) is 22.3 Å². The van der Waals surface area contributed by atoms with Gasteiger partial charge in [-0.05, 0) is 173 Å². The lowest BCUT2D eigenvalue weighted by Crippen LogP contribution is -2.17. The van der Waals surface area contributed by atoms with Gasteiger partial charge in [0.05, 0.1) is 5.69 Å². The molecule has 3 aliphatic carbocycles.